The second-order valence-electron chi connectivity index (χ2n) is 6.13. The Bertz CT molecular complexity index is 757. The van der Waals surface area contributed by atoms with Crippen LogP contribution >= 0.6 is 23.1 Å². The van der Waals surface area contributed by atoms with Gasteiger partial charge in [0.1, 0.15) is 0 Å². The smallest absolute Gasteiger partial charge is 0.248 e. The third kappa shape index (κ3) is 5.43. The van der Waals surface area contributed by atoms with Gasteiger partial charge in [0.05, 0.1) is 5.75 Å². The van der Waals surface area contributed by atoms with E-state index in [9.17, 15) is 9.59 Å². The summed E-state index contributed by atoms with van der Waals surface area (Å²) in [4.78, 5) is 23.1. The lowest BCUT2D eigenvalue weighted by Crippen LogP contribution is -2.21. The molecule has 1 aliphatic rings. The molecular formula is C17H21N5O2S2. The summed E-state index contributed by atoms with van der Waals surface area (Å²) in [5, 5.41) is 15.3. The van der Waals surface area contributed by atoms with Crippen LogP contribution in [0.25, 0.3) is 0 Å². The standard InChI is InChI=1S/C17H21N5O2S2/c18-15(24)11-6-8-13(9-7-11)19-14(23)10-25-17-22-21-16(26-17)20-12-4-2-1-3-5-12/h6-9,12H,1-5,10H2,(H2,18,24)(H,19,23)(H,20,21). The zero-order chi connectivity index (χ0) is 18.4. The zero-order valence-corrected chi connectivity index (χ0v) is 15.9. The number of hydrogen-bond donors (Lipinski definition) is 3. The summed E-state index contributed by atoms with van der Waals surface area (Å²) in [5.74, 6) is -0.388. The molecule has 0 bridgehead atoms. The Labute approximate surface area is 160 Å². The highest BCUT2D eigenvalue weighted by Crippen LogP contribution is 2.28. The molecule has 1 aromatic carbocycles. The van der Waals surface area contributed by atoms with Crippen molar-refractivity contribution in [2.75, 3.05) is 16.4 Å². The summed E-state index contributed by atoms with van der Waals surface area (Å²) < 4.78 is 0.766. The molecule has 0 saturated heterocycles. The van der Waals surface area contributed by atoms with E-state index in [0.717, 1.165) is 9.47 Å². The minimum absolute atomic E-state index is 0.140. The number of hydrogen-bond acceptors (Lipinski definition) is 7. The van der Waals surface area contributed by atoms with Crippen LogP contribution in [0.4, 0.5) is 10.8 Å². The summed E-state index contributed by atoms with van der Waals surface area (Å²) >= 11 is 2.84. The van der Waals surface area contributed by atoms with Crippen LogP contribution in [-0.4, -0.2) is 33.8 Å². The van der Waals surface area contributed by atoms with Crippen LogP contribution < -0.4 is 16.4 Å². The van der Waals surface area contributed by atoms with Crippen LogP contribution in [0.2, 0.25) is 0 Å². The number of carbonyl (C=O) groups excluding carboxylic acids is 2. The molecule has 9 heteroatoms. The van der Waals surface area contributed by atoms with E-state index in [-0.39, 0.29) is 11.7 Å². The van der Waals surface area contributed by atoms with E-state index in [1.807, 2.05) is 0 Å². The molecule has 0 unspecified atom stereocenters. The van der Waals surface area contributed by atoms with Gasteiger partial charge in [0.2, 0.25) is 16.9 Å². The molecule has 138 valence electrons. The summed E-state index contributed by atoms with van der Waals surface area (Å²) in [5.41, 5.74) is 6.22. The number of rotatable bonds is 7. The Morgan fingerprint density at radius 3 is 2.58 bits per heavy atom. The van der Waals surface area contributed by atoms with E-state index < -0.39 is 5.91 Å². The SMILES string of the molecule is NC(=O)c1ccc(NC(=O)CSc2nnc(NC3CCCCC3)s2)cc1. The van der Waals surface area contributed by atoms with E-state index in [2.05, 4.69) is 20.8 Å². The van der Waals surface area contributed by atoms with Gasteiger partial charge in [-0.3, -0.25) is 9.59 Å². The number of anilines is 2. The predicted octanol–water partition coefficient (Wildman–Crippen LogP) is 3.11. The largest absolute Gasteiger partial charge is 0.366 e. The second-order valence-corrected chi connectivity index (χ2v) is 8.33. The highest BCUT2D eigenvalue weighted by atomic mass is 32.2. The van der Waals surface area contributed by atoms with E-state index in [4.69, 9.17) is 5.73 Å². The molecule has 0 aliphatic heterocycles. The lowest BCUT2D eigenvalue weighted by Gasteiger charge is -2.21. The van der Waals surface area contributed by atoms with Crippen LogP contribution in [0, 0.1) is 0 Å². The van der Waals surface area contributed by atoms with Gasteiger partial charge in [-0.15, -0.1) is 10.2 Å². The predicted molar refractivity (Wildman–Crippen MR) is 105 cm³/mol. The number of primary amides is 1. The quantitative estimate of drug-likeness (QED) is 0.626. The topological polar surface area (TPSA) is 110 Å². The van der Waals surface area contributed by atoms with Gasteiger partial charge in [-0.2, -0.15) is 0 Å². The molecular weight excluding hydrogens is 370 g/mol. The molecule has 2 amide bonds. The number of nitrogens with two attached hydrogens (primary N) is 1. The van der Waals surface area contributed by atoms with E-state index in [1.165, 1.54) is 55.2 Å². The number of thioether (sulfide) groups is 1. The average molecular weight is 392 g/mol. The fraction of sp³-hybridized carbons (Fsp3) is 0.412. The first-order valence-corrected chi connectivity index (χ1v) is 10.3. The Morgan fingerprint density at radius 1 is 1.15 bits per heavy atom. The summed E-state index contributed by atoms with van der Waals surface area (Å²) in [6, 6.07) is 6.96. The van der Waals surface area contributed by atoms with Gasteiger partial charge >= 0.3 is 0 Å². The molecule has 1 heterocycles. The van der Waals surface area contributed by atoms with Crippen molar-refractivity contribution in [3.05, 3.63) is 29.8 Å². The Balaban J connectivity index is 1.44. The van der Waals surface area contributed by atoms with Crippen LogP contribution in [0.1, 0.15) is 42.5 Å². The van der Waals surface area contributed by atoms with Gasteiger partial charge in [0.25, 0.3) is 0 Å². The Hall–Kier alpha value is -2.13. The number of carbonyl (C=O) groups is 2. The van der Waals surface area contributed by atoms with Gasteiger partial charge in [0.15, 0.2) is 4.34 Å². The summed E-state index contributed by atoms with van der Waals surface area (Å²) in [6.45, 7) is 0. The van der Waals surface area contributed by atoms with Crippen molar-refractivity contribution < 1.29 is 9.59 Å². The molecule has 0 atom stereocenters. The molecule has 1 aliphatic carbocycles. The number of nitrogens with one attached hydrogen (secondary N) is 2. The van der Waals surface area contributed by atoms with Crippen molar-refractivity contribution in [3.63, 3.8) is 0 Å². The van der Waals surface area contributed by atoms with Crippen LogP contribution in [-0.2, 0) is 4.79 Å². The third-order valence-electron chi connectivity index (χ3n) is 4.12. The number of nitrogens with zero attached hydrogens (tertiary/aromatic N) is 2. The van der Waals surface area contributed by atoms with Gasteiger partial charge < -0.3 is 16.4 Å². The second kappa shape index (κ2) is 9.00. The highest BCUT2D eigenvalue weighted by Gasteiger charge is 2.15. The van der Waals surface area contributed by atoms with Crippen molar-refractivity contribution in [3.8, 4) is 0 Å². The average Bonchev–Trinajstić information content (AvgIpc) is 3.09. The van der Waals surface area contributed by atoms with Crippen molar-refractivity contribution in [1.29, 1.82) is 0 Å². The first-order valence-electron chi connectivity index (χ1n) is 8.53. The summed E-state index contributed by atoms with van der Waals surface area (Å²) in [6.07, 6.45) is 6.20. The van der Waals surface area contributed by atoms with Gasteiger partial charge in [0, 0.05) is 17.3 Å². The van der Waals surface area contributed by atoms with Crippen LogP contribution in [0.15, 0.2) is 28.6 Å². The van der Waals surface area contributed by atoms with E-state index >= 15 is 0 Å². The Morgan fingerprint density at radius 2 is 1.88 bits per heavy atom. The molecule has 4 N–H and O–H groups in total. The molecule has 1 aromatic heterocycles. The zero-order valence-electron chi connectivity index (χ0n) is 14.2. The third-order valence-corrected chi connectivity index (χ3v) is 6.11. The monoisotopic (exact) mass is 391 g/mol. The maximum atomic E-state index is 12.0. The molecule has 1 fully saturated rings. The van der Waals surface area contributed by atoms with Crippen molar-refractivity contribution >= 4 is 45.7 Å². The number of benzene rings is 1. The van der Waals surface area contributed by atoms with Crippen molar-refractivity contribution in [2.24, 2.45) is 5.73 Å². The van der Waals surface area contributed by atoms with E-state index in [1.54, 1.807) is 24.3 Å². The van der Waals surface area contributed by atoms with Crippen molar-refractivity contribution in [1.82, 2.24) is 10.2 Å². The van der Waals surface area contributed by atoms with Gasteiger partial charge in [-0.25, -0.2) is 0 Å². The molecule has 26 heavy (non-hydrogen) atoms. The molecule has 3 rings (SSSR count). The van der Waals surface area contributed by atoms with Gasteiger partial charge in [-0.1, -0.05) is 42.4 Å². The van der Waals surface area contributed by atoms with E-state index in [0.29, 0.717) is 17.3 Å². The first kappa shape index (κ1) is 18.7. The molecule has 1 saturated carbocycles. The van der Waals surface area contributed by atoms with Crippen molar-refractivity contribution in [2.45, 2.75) is 42.5 Å². The Kier molecular flexibility index (Phi) is 6.45. The first-order chi connectivity index (χ1) is 12.6. The molecule has 0 spiro atoms. The number of aromatic nitrogens is 2. The minimum atomic E-state index is -0.493. The normalized spacial score (nSPS) is 14.8. The lowest BCUT2D eigenvalue weighted by molar-refractivity contribution is -0.113. The molecule has 2 aromatic rings. The molecule has 0 radical (unpaired) electrons. The van der Waals surface area contributed by atoms with Crippen LogP contribution in [0.3, 0.4) is 0 Å². The van der Waals surface area contributed by atoms with Crippen LogP contribution in [0.5, 0.6) is 0 Å². The fourth-order valence-corrected chi connectivity index (χ4v) is 4.42. The number of amides is 2. The molecule has 7 nitrogen and oxygen atoms in total. The van der Waals surface area contributed by atoms with Gasteiger partial charge in [-0.05, 0) is 37.1 Å². The summed E-state index contributed by atoms with van der Waals surface area (Å²) in [7, 11) is 0. The maximum absolute atomic E-state index is 12.0. The minimum Gasteiger partial charge on any atom is -0.366 e. The fourth-order valence-electron chi connectivity index (χ4n) is 2.79. The maximum Gasteiger partial charge on any atom is 0.248 e. The lowest BCUT2D eigenvalue weighted by atomic mass is 9.96. The highest BCUT2D eigenvalue weighted by molar-refractivity contribution is 8.01.